The van der Waals surface area contributed by atoms with E-state index in [0.29, 0.717) is 0 Å². The van der Waals surface area contributed by atoms with Crippen molar-refractivity contribution in [2.24, 2.45) is 0 Å². The van der Waals surface area contributed by atoms with Crippen LogP contribution in [0.4, 0.5) is 0 Å². The van der Waals surface area contributed by atoms with Gasteiger partial charge in [0.2, 0.25) is 0 Å². The highest BCUT2D eigenvalue weighted by atomic mass is 14.9. The van der Waals surface area contributed by atoms with Gasteiger partial charge in [-0.3, -0.25) is 0 Å². The Hall–Kier alpha value is -2.06. The van der Waals surface area contributed by atoms with E-state index in [4.69, 9.17) is 0 Å². The van der Waals surface area contributed by atoms with Crippen LogP contribution in [0.2, 0.25) is 0 Å². The molecular formula is C18H20N2. The highest BCUT2D eigenvalue weighted by Gasteiger charge is 2.05. The smallest absolute Gasteiger partial charge is 0.0483 e. The van der Waals surface area contributed by atoms with Crippen molar-refractivity contribution in [3.63, 3.8) is 0 Å². The van der Waals surface area contributed by atoms with E-state index in [1.54, 1.807) is 0 Å². The van der Waals surface area contributed by atoms with Gasteiger partial charge in [-0.2, -0.15) is 0 Å². The molecule has 3 rings (SSSR count). The third-order valence-electron chi connectivity index (χ3n) is 3.76. The summed E-state index contributed by atoms with van der Waals surface area (Å²) in [7, 11) is 1.99. The summed E-state index contributed by atoms with van der Waals surface area (Å²) >= 11 is 0. The molecule has 0 saturated carbocycles. The number of hydrogen-bond acceptors (Lipinski definition) is 1. The van der Waals surface area contributed by atoms with Crippen LogP contribution in [-0.2, 0) is 19.5 Å². The van der Waals surface area contributed by atoms with Crippen LogP contribution in [0.25, 0.3) is 10.9 Å². The molecule has 0 spiro atoms. The van der Waals surface area contributed by atoms with E-state index >= 15 is 0 Å². The van der Waals surface area contributed by atoms with Gasteiger partial charge in [0, 0.05) is 30.2 Å². The zero-order valence-electron chi connectivity index (χ0n) is 11.8. The second-order valence-corrected chi connectivity index (χ2v) is 5.12. The Morgan fingerprint density at radius 2 is 1.80 bits per heavy atom. The molecule has 2 heteroatoms. The maximum atomic E-state index is 3.23. The van der Waals surface area contributed by atoms with Crippen LogP contribution in [0, 0.1) is 0 Å². The molecule has 0 unspecified atom stereocenters. The normalized spacial score (nSPS) is 11.1. The van der Waals surface area contributed by atoms with Crippen molar-refractivity contribution in [3.05, 3.63) is 71.9 Å². The van der Waals surface area contributed by atoms with Gasteiger partial charge in [0.25, 0.3) is 0 Å². The Morgan fingerprint density at radius 1 is 0.950 bits per heavy atom. The van der Waals surface area contributed by atoms with Crippen molar-refractivity contribution in [2.75, 3.05) is 7.05 Å². The topological polar surface area (TPSA) is 17.0 Å². The Balaban J connectivity index is 1.84. The second-order valence-electron chi connectivity index (χ2n) is 5.12. The van der Waals surface area contributed by atoms with Crippen LogP contribution in [0.15, 0.2) is 60.8 Å². The number of benzene rings is 2. The maximum absolute atomic E-state index is 3.23. The van der Waals surface area contributed by atoms with Crippen molar-refractivity contribution >= 4 is 10.9 Å². The standard InChI is InChI=1S/C18H20N2/c1-19-14-16-8-5-9-18-17(16)11-13-20(18)12-10-15-6-3-2-4-7-15/h2-9,11,13,19H,10,12,14H2,1H3. The Labute approximate surface area is 120 Å². The lowest BCUT2D eigenvalue weighted by atomic mass is 10.1. The predicted octanol–water partition coefficient (Wildman–Crippen LogP) is 3.60. The average Bonchev–Trinajstić information content (AvgIpc) is 2.91. The molecule has 0 aliphatic heterocycles. The van der Waals surface area contributed by atoms with Crippen LogP contribution in [0.1, 0.15) is 11.1 Å². The minimum absolute atomic E-state index is 0.917. The fourth-order valence-corrected chi connectivity index (χ4v) is 2.72. The summed E-state index contributed by atoms with van der Waals surface area (Å²) < 4.78 is 2.35. The molecule has 0 saturated heterocycles. The summed E-state index contributed by atoms with van der Waals surface area (Å²) in [6.07, 6.45) is 3.27. The van der Waals surface area contributed by atoms with E-state index in [9.17, 15) is 0 Å². The van der Waals surface area contributed by atoms with Crippen LogP contribution in [-0.4, -0.2) is 11.6 Å². The quantitative estimate of drug-likeness (QED) is 0.745. The molecule has 0 fully saturated rings. The van der Waals surface area contributed by atoms with Crippen LogP contribution < -0.4 is 5.32 Å². The molecular weight excluding hydrogens is 244 g/mol. The van der Waals surface area contributed by atoms with Gasteiger partial charge in [-0.05, 0) is 36.7 Å². The number of nitrogens with zero attached hydrogens (tertiary/aromatic N) is 1. The SMILES string of the molecule is CNCc1cccc2c1ccn2CCc1ccccc1. The van der Waals surface area contributed by atoms with Crippen molar-refractivity contribution in [2.45, 2.75) is 19.5 Å². The van der Waals surface area contributed by atoms with Crippen molar-refractivity contribution in [1.29, 1.82) is 0 Å². The Kier molecular flexibility index (Phi) is 3.84. The zero-order valence-corrected chi connectivity index (χ0v) is 11.8. The minimum atomic E-state index is 0.917. The second kappa shape index (κ2) is 5.93. The molecule has 1 heterocycles. The number of fused-ring (bicyclic) bond motifs is 1. The maximum Gasteiger partial charge on any atom is 0.0483 e. The van der Waals surface area contributed by atoms with Crippen LogP contribution >= 0.6 is 0 Å². The van der Waals surface area contributed by atoms with Crippen LogP contribution in [0.3, 0.4) is 0 Å². The molecule has 20 heavy (non-hydrogen) atoms. The van der Waals surface area contributed by atoms with E-state index in [-0.39, 0.29) is 0 Å². The van der Waals surface area contributed by atoms with E-state index in [1.807, 2.05) is 7.05 Å². The van der Waals surface area contributed by atoms with Crippen molar-refractivity contribution in [1.82, 2.24) is 9.88 Å². The van der Waals surface area contributed by atoms with Gasteiger partial charge in [0.15, 0.2) is 0 Å². The Morgan fingerprint density at radius 3 is 2.60 bits per heavy atom. The molecule has 0 radical (unpaired) electrons. The van der Waals surface area contributed by atoms with Gasteiger partial charge in [0.05, 0.1) is 0 Å². The molecule has 0 amide bonds. The van der Waals surface area contributed by atoms with Gasteiger partial charge in [-0.25, -0.2) is 0 Å². The Bertz CT molecular complexity index is 683. The molecule has 2 aromatic carbocycles. The van der Waals surface area contributed by atoms with Crippen molar-refractivity contribution < 1.29 is 0 Å². The molecule has 102 valence electrons. The summed E-state index contributed by atoms with van der Waals surface area (Å²) in [6, 6.07) is 19.4. The van der Waals surface area contributed by atoms with E-state index in [1.165, 1.54) is 22.0 Å². The average molecular weight is 264 g/mol. The minimum Gasteiger partial charge on any atom is -0.347 e. The predicted molar refractivity (Wildman–Crippen MR) is 84.8 cm³/mol. The van der Waals surface area contributed by atoms with Gasteiger partial charge in [-0.15, -0.1) is 0 Å². The summed E-state index contributed by atoms with van der Waals surface area (Å²) in [5.74, 6) is 0. The number of aromatic nitrogens is 1. The fraction of sp³-hybridized carbons (Fsp3) is 0.222. The van der Waals surface area contributed by atoms with E-state index < -0.39 is 0 Å². The number of aryl methyl sites for hydroxylation is 2. The molecule has 0 aliphatic carbocycles. The summed E-state index contributed by atoms with van der Waals surface area (Å²) in [5, 5.41) is 4.59. The summed E-state index contributed by atoms with van der Waals surface area (Å²) in [5.41, 5.74) is 4.08. The number of rotatable bonds is 5. The third kappa shape index (κ3) is 2.61. The van der Waals surface area contributed by atoms with Gasteiger partial charge >= 0.3 is 0 Å². The summed E-state index contributed by atoms with van der Waals surface area (Å²) in [4.78, 5) is 0. The first kappa shape index (κ1) is 12.9. The number of nitrogens with one attached hydrogen (secondary N) is 1. The largest absolute Gasteiger partial charge is 0.347 e. The summed E-state index contributed by atoms with van der Waals surface area (Å²) in [6.45, 7) is 1.94. The number of hydrogen-bond donors (Lipinski definition) is 1. The lowest BCUT2D eigenvalue weighted by Crippen LogP contribution is -2.05. The molecule has 1 N–H and O–H groups in total. The highest BCUT2D eigenvalue weighted by Crippen LogP contribution is 2.20. The lowest BCUT2D eigenvalue weighted by Gasteiger charge is -2.07. The third-order valence-corrected chi connectivity index (χ3v) is 3.76. The lowest BCUT2D eigenvalue weighted by molar-refractivity contribution is 0.723. The molecule has 0 bridgehead atoms. The first-order valence-electron chi connectivity index (χ1n) is 7.14. The van der Waals surface area contributed by atoms with Crippen LogP contribution in [0.5, 0.6) is 0 Å². The first-order chi connectivity index (χ1) is 9.88. The highest BCUT2D eigenvalue weighted by molar-refractivity contribution is 5.83. The fourth-order valence-electron chi connectivity index (χ4n) is 2.72. The molecule has 0 aliphatic rings. The monoisotopic (exact) mass is 264 g/mol. The first-order valence-corrected chi connectivity index (χ1v) is 7.14. The molecule has 1 aromatic heterocycles. The molecule has 3 aromatic rings. The van der Waals surface area contributed by atoms with Crippen molar-refractivity contribution in [3.8, 4) is 0 Å². The van der Waals surface area contributed by atoms with E-state index in [2.05, 4.69) is 70.7 Å². The zero-order chi connectivity index (χ0) is 13.8. The van der Waals surface area contributed by atoms with Gasteiger partial charge in [-0.1, -0.05) is 42.5 Å². The van der Waals surface area contributed by atoms with E-state index in [0.717, 1.165) is 19.5 Å². The van der Waals surface area contributed by atoms with Gasteiger partial charge < -0.3 is 9.88 Å². The molecule has 0 atom stereocenters. The molecule has 2 nitrogen and oxygen atoms in total. The van der Waals surface area contributed by atoms with Gasteiger partial charge in [0.1, 0.15) is 0 Å².